The minimum Gasteiger partial charge on any atom is -0.481 e. The van der Waals surface area contributed by atoms with Crippen molar-refractivity contribution >= 4 is 17.9 Å². The lowest BCUT2D eigenvalue weighted by Crippen LogP contribution is -2.30. The Morgan fingerprint density at radius 2 is 1.15 bits per heavy atom. The number of ether oxygens (including phenoxy) is 1. The molecule has 0 atom stereocenters. The van der Waals surface area contributed by atoms with Gasteiger partial charge in [-0.2, -0.15) is 0 Å². The normalized spacial score (nSPS) is 11.4. The second-order valence-electron chi connectivity index (χ2n) is 9.04. The Kier molecular flexibility index (Phi) is 22.9. The third kappa shape index (κ3) is 24.7. The molecule has 0 heterocycles. The Bertz CT molecular complexity index is 531. The summed E-state index contributed by atoms with van der Waals surface area (Å²) in [6, 6.07) is 0. The first-order valence-electron chi connectivity index (χ1n) is 13.4. The Morgan fingerprint density at radius 3 is 1.68 bits per heavy atom. The number of carbonyl (C=O) groups excluding carboxylic acids is 1. The van der Waals surface area contributed by atoms with Gasteiger partial charge in [0.1, 0.15) is 0 Å². The number of carbonyl (C=O) groups is 3. The molecule has 0 radical (unpaired) electrons. The molecular formula is C27H49NO6. The van der Waals surface area contributed by atoms with Gasteiger partial charge in [-0.1, -0.05) is 70.4 Å². The van der Waals surface area contributed by atoms with Gasteiger partial charge in [0.05, 0.1) is 19.4 Å². The quantitative estimate of drug-likeness (QED) is 0.0903. The molecule has 0 aliphatic heterocycles. The van der Waals surface area contributed by atoms with Gasteiger partial charge in [-0.3, -0.25) is 14.4 Å². The summed E-state index contributed by atoms with van der Waals surface area (Å²) >= 11 is 0. The van der Waals surface area contributed by atoms with Crippen molar-refractivity contribution < 1.29 is 29.3 Å². The summed E-state index contributed by atoms with van der Waals surface area (Å²) in [5.41, 5.74) is 0. The first kappa shape index (κ1) is 32.1. The highest BCUT2D eigenvalue weighted by molar-refractivity contribution is 5.69. The number of carboxylic acid groups (broad SMARTS) is 2. The molecule has 0 saturated heterocycles. The number of aliphatic carboxylic acids is 2. The van der Waals surface area contributed by atoms with Gasteiger partial charge in [0.25, 0.3) is 0 Å². The number of unbranched alkanes of at least 4 members (excludes halogenated alkanes) is 11. The second-order valence-corrected chi connectivity index (χ2v) is 9.04. The molecule has 0 fully saturated rings. The largest absolute Gasteiger partial charge is 0.481 e. The van der Waals surface area contributed by atoms with E-state index in [0.29, 0.717) is 32.5 Å². The van der Waals surface area contributed by atoms with Crippen molar-refractivity contribution in [3.63, 3.8) is 0 Å². The van der Waals surface area contributed by atoms with E-state index >= 15 is 0 Å². The molecule has 7 heteroatoms. The predicted octanol–water partition coefficient (Wildman–Crippen LogP) is 6.21. The third-order valence-electron chi connectivity index (χ3n) is 5.81. The minimum absolute atomic E-state index is 0.0328. The molecular weight excluding hydrogens is 434 g/mol. The van der Waals surface area contributed by atoms with E-state index in [9.17, 15) is 14.4 Å². The van der Waals surface area contributed by atoms with Gasteiger partial charge in [-0.25, -0.2) is 0 Å². The molecule has 0 rings (SSSR count). The number of hydrogen-bond donors (Lipinski definition) is 2. The van der Waals surface area contributed by atoms with Gasteiger partial charge in [-0.05, 0) is 38.5 Å². The molecule has 2 N–H and O–H groups in total. The number of nitrogens with zero attached hydrogens (tertiary/aromatic N) is 1. The highest BCUT2D eigenvalue weighted by Crippen LogP contribution is 2.10. The molecule has 0 unspecified atom stereocenters. The standard InChI is InChI=1S/C27H49NO6/c1-2-3-4-5-6-7-8-9-10-11-12-13-14-15-16-18-27(33)34-24-17-21-28(22-19-25(29)30)23-20-26(31)32/h9-10H,2-8,11-24H2,1H3,(H,29,30)(H,31,32)/b10-9-. The number of esters is 1. The average Bonchev–Trinajstić information content (AvgIpc) is 2.80. The van der Waals surface area contributed by atoms with E-state index in [1.807, 2.05) is 0 Å². The van der Waals surface area contributed by atoms with E-state index in [1.165, 1.54) is 57.8 Å². The van der Waals surface area contributed by atoms with E-state index in [-0.39, 0.29) is 25.4 Å². The van der Waals surface area contributed by atoms with E-state index in [0.717, 1.165) is 25.7 Å². The minimum atomic E-state index is -0.910. The van der Waals surface area contributed by atoms with E-state index < -0.39 is 11.9 Å². The van der Waals surface area contributed by atoms with Crippen LogP contribution in [0.15, 0.2) is 12.2 Å². The van der Waals surface area contributed by atoms with Gasteiger partial charge in [0.2, 0.25) is 0 Å². The van der Waals surface area contributed by atoms with Gasteiger partial charge in [0.15, 0.2) is 0 Å². The van der Waals surface area contributed by atoms with Crippen LogP contribution < -0.4 is 0 Å². The highest BCUT2D eigenvalue weighted by Gasteiger charge is 2.10. The van der Waals surface area contributed by atoms with Gasteiger partial charge in [-0.15, -0.1) is 0 Å². The van der Waals surface area contributed by atoms with E-state index in [4.69, 9.17) is 14.9 Å². The molecule has 0 aliphatic rings. The summed E-state index contributed by atoms with van der Waals surface area (Å²) in [5.74, 6) is -2.02. The average molecular weight is 484 g/mol. The zero-order valence-electron chi connectivity index (χ0n) is 21.5. The summed E-state index contributed by atoms with van der Waals surface area (Å²) < 4.78 is 5.26. The van der Waals surface area contributed by atoms with Crippen molar-refractivity contribution in [1.29, 1.82) is 0 Å². The van der Waals surface area contributed by atoms with Crippen LogP contribution in [0, 0.1) is 0 Å². The van der Waals surface area contributed by atoms with Crippen LogP contribution in [0.3, 0.4) is 0 Å². The van der Waals surface area contributed by atoms with Crippen molar-refractivity contribution in [2.45, 2.75) is 116 Å². The van der Waals surface area contributed by atoms with Crippen LogP contribution in [-0.2, 0) is 19.1 Å². The highest BCUT2D eigenvalue weighted by atomic mass is 16.5. The summed E-state index contributed by atoms with van der Waals surface area (Å²) in [4.78, 5) is 35.1. The Morgan fingerprint density at radius 1 is 0.647 bits per heavy atom. The molecule has 0 bridgehead atoms. The Labute approximate surface area is 206 Å². The van der Waals surface area contributed by atoms with Crippen LogP contribution in [0.5, 0.6) is 0 Å². The maximum atomic E-state index is 11.9. The zero-order chi connectivity index (χ0) is 25.3. The molecule has 0 saturated carbocycles. The molecule has 0 aromatic rings. The van der Waals surface area contributed by atoms with Crippen LogP contribution in [0.4, 0.5) is 0 Å². The Hall–Kier alpha value is -1.89. The van der Waals surface area contributed by atoms with Crippen LogP contribution in [0.1, 0.15) is 116 Å². The van der Waals surface area contributed by atoms with E-state index in [2.05, 4.69) is 19.1 Å². The van der Waals surface area contributed by atoms with E-state index in [1.54, 1.807) is 4.90 Å². The molecule has 0 aromatic heterocycles. The maximum Gasteiger partial charge on any atom is 0.305 e. The van der Waals surface area contributed by atoms with Crippen LogP contribution in [0.2, 0.25) is 0 Å². The van der Waals surface area contributed by atoms with Crippen molar-refractivity contribution in [1.82, 2.24) is 4.90 Å². The summed E-state index contributed by atoms with van der Waals surface area (Å²) in [6.45, 7) is 3.64. The molecule has 0 aliphatic carbocycles. The fraction of sp³-hybridized carbons (Fsp3) is 0.815. The lowest BCUT2D eigenvalue weighted by Gasteiger charge is -2.20. The fourth-order valence-corrected chi connectivity index (χ4v) is 3.73. The van der Waals surface area contributed by atoms with Gasteiger partial charge in [0, 0.05) is 26.1 Å². The monoisotopic (exact) mass is 483 g/mol. The van der Waals surface area contributed by atoms with Crippen LogP contribution in [-0.4, -0.2) is 59.3 Å². The SMILES string of the molecule is CCCCCCCC/C=C\CCCCCCCC(=O)OCCCN(CCC(=O)O)CCC(=O)O. The first-order valence-corrected chi connectivity index (χ1v) is 13.4. The van der Waals surface area contributed by atoms with Gasteiger partial charge < -0.3 is 19.8 Å². The number of carboxylic acids is 2. The van der Waals surface area contributed by atoms with Gasteiger partial charge >= 0.3 is 17.9 Å². The number of allylic oxidation sites excluding steroid dienone is 2. The topological polar surface area (TPSA) is 104 Å². The molecule has 198 valence electrons. The molecule has 0 amide bonds. The lowest BCUT2D eigenvalue weighted by atomic mass is 10.1. The lowest BCUT2D eigenvalue weighted by molar-refractivity contribution is -0.144. The van der Waals surface area contributed by atoms with Crippen molar-refractivity contribution in [2.75, 3.05) is 26.2 Å². The van der Waals surface area contributed by atoms with Crippen LogP contribution >= 0.6 is 0 Å². The smallest absolute Gasteiger partial charge is 0.305 e. The Balaban J connectivity index is 3.58. The first-order chi connectivity index (χ1) is 16.5. The summed E-state index contributed by atoms with van der Waals surface area (Å²) in [6.07, 6.45) is 21.4. The molecule has 0 aromatic carbocycles. The molecule has 0 spiro atoms. The third-order valence-corrected chi connectivity index (χ3v) is 5.81. The van der Waals surface area contributed by atoms with Crippen molar-refractivity contribution in [3.8, 4) is 0 Å². The fourth-order valence-electron chi connectivity index (χ4n) is 3.73. The molecule has 34 heavy (non-hydrogen) atoms. The maximum absolute atomic E-state index is 11.9. The van der Waals surface area contributed by atoms with Crippen molar-refractivity contribution in [2.24, 2.45) is 0 Å². The number of rotatable bonds is 25. The number of hydrogen-bond acceptors (Lipinski definition) is 5. The van der Waals surface area contributed by atoms with Crippen molar-refractivity contribution in [3.05, 3.63) is 12.2 Å². The van der Waals surface area contributed by atoms with Crippen LogP contribution in [0.25, 0.3) is 0 Å². The predicted molar refractivity (Wildman–Crippen MR) is 136 cm³/mol. The summed E-state index contributed by atoms with van der Waals surface area (Å²) in [5, 5.41) is 17.6. The summed E-state index contributed by atoms with van der Waals surface area (Å²) in [7, 11) is 0. The second kappa shape index (κ2) is 24.2. The molecule has 7 nitrogen and oxygen atoms in total. The zero-order valence-corrected chi connectivity index (χ0v) is 21.5.